The molecule has 1 saturated carbocycles. The van der Waals surface area contributed by atoms with Crippen LogP contribution in [0.3, 0.4) is 0 Å². The Kier molecular flexibility index (Phi) is 3.99. The standard InChI is InChI=1S/C17H23N3O2S/c1-20(8-10-4-2-6-12(10)21)9-14-18-16(22)15-11-5-3-7-13(11)23-17(15)19-14/h10,12,21H,2-9H2,1H3,(H,18,19,22). The van der Waals surface area contributed by atoms with E-state index < -0.39 is 0 Å². The minimum atomic E-state index is -0.174. The van der Waals surface area contributed by atoms with Crippen molar-refractivity contribution in [2.24, 2.45) is 5.92 Å². The SMILES string of the molecule is CN(Cc1nc2sc3c(c2c(=O)[nH]1)CCC3)CC1CCCC1O. The van der Waals surface area contributed by atoms with E-state index in [0.29, 0.717) is 12.5 Å². The Balaban J connectivity index is 1.54. The van der Waals surface area contributed by atoms with E-state index in [9.17, 15) is 9.90 Å². The molecule has 2 aromatic heterocycles. The molecule has 0 amide bonds. The normalized spacial score (nSPS) is 24.0. The van der Waals surface area contributed by atoms with Crippen LogP contribution < -0.4 is 5.56 Å². The van der Waals surface area contributed by atoms with Gasteiger partial charge in [-0.15, -0.1) is 11.3 Å². The number of hydrogen-bond acceptors (Lipinski definition) is 5. The van der Waals surface area contributed by atoms with Gasteiger partial charge in [0.1, 0.15) is 10.7 Å². The molecular weight excluding hydrogens is 310 g/mol. The molecule has 0 aromatic carbocycles. The number of nitrogens with zero attached hydrogens (tertiary/aromatic N) is 2. The van der Waals surface area contributed by atoms with E-state index in [2.05, 4.69) is 9.88 Å². The molecule has 2 aliphatic rings. The summed E-state index contributed by atoms with van der Waals surface area (Å²) in [6.07, 6.45) is 6.20. The first-order chi connectivity index (χ1) is 11.1. The number of aliphatic hydroxyl groups is 1. The van der Waals surface area contributed by atoms with Gasteiger partial charge < -0.3 is 10.1 Å². The Morgan fingerprint density at radius 2 is 2.22 bits per heavy atom. The van der Waals surface area contributed by atoms with Crippen LogP contribution in [0.1, 0.15) is 41.9 Å². The van der Waals surface area contributed by atoms with Crippen LogP contribution in [-0.4, -0.2) is 39.7 Å². The number of thiophene rings is 1. The van der Waals surface area contributed by atoms with Gasteiger partial charge in [0.15, 0.2) is 0 Å². The number of aromatic nitrogens is 2. The summed E-state index contributed by atoms with van der Waals surface area (Å²) in [7, 11) is 2.03. The van der Waals surface area contributed by atoms with Crippen molar-refractivity contribution in [1.29, 1.82) is 0 Å². The van der Waals surface area contributed by atoms with E-state index in [1.54, 1.807) is 11.3 Å². The summed E-state index contributed by atoms with van der Waals surface area (Å²) in [6.45, 7) is 1.47. The largest absolute Gasteiger partial charge is 0.393 e. The Bertz CT molecular complexity index is 782. The van der Waals surface area contributed by atoms with Crippen LogP contribution in [0.5, 0.6) is 0 Å². The summed E-state index contributed by atoms with van der Waals surface area (Å²) >= 11 is 1.69. The van der Waals surface area contributed by atoms with Crippen LogP contribution in [0, 0.1) is 5.92 Å². The van der Waals surface area contributed by atoms with Gasteiger partial charge in [-0.25, -0.2) is 4.98 Å². The van der Waals surface area contributed by atoms with Crippen molar-refractivity contribution in [2.75, 3.05) is 13.6 Å². The van der Waals surface area contributed by atoms with Crippen LogP contribution >= 0.6 is 11.3 Å². The lowest BCUT2D eigenvalue weighted by Crippen LogP contribution is -2.30. The highest BCUT2D eigenvalue weighted by Gasteiger charge is 2.26. The van der Waals surface area contributed by atoms with Gasteiger partial charge in [0.25, 0.3) is 5.56 Å². The average molecular weight is 333 g/mol. The summed E-state index contributed by atoms with van der Waals surface area (Å²) in [5.74, 6) is 1.08. The van der Waals surface area contributed by atoms with E-state index in [1.807, 2.05) is 7.05 Å². The zero-order valence-corrected chi connectivity index (χ0v) is 14.3. The quantitative estimate of drug-likeness (QED) is 0.899. The van der Waals surface area contributed by atoms with Crippen LogP contribution in [0.4, 0.5) is 0 Å². The van der Waals surface area contributed by atoms with Crippen LogP contribution in [-0.2, 0) is 19.4 Å². The first-order valence-electron chi connectivity index (χ1n) is 8.52. The lowest BCUT2D eigenvalue weighted by Gasteiger charge is -2.22. The Morgan fingerprint density at radius 1 is 1.35 bits per heavy atom. The summed E-state index contributed by atoms with van der Waals surface area (Å²) in [5.41, 5.74) is 1.24. The van der Waals surface area contributed by atoms with Crippen molar-refractivity contribution in [3.63, 3.8) is 0 Å². The molecule has 2 heterocycles. The molecule has 2 N–H and O–H groups in total. The molecule has 0 aliphatic heterocycles. The van der Waals surface area contributed by atoms with Crippen LogP contribution in [0.25, 0.3) is 10.2 Å². The highest BCUT2D eigenvalue weighted by atomic mass is 32.1. The van der Waals surface area contributed by atoms with E-state index in [1.165, 1.54) is 10.4 Å². The first-order valence-corrected chi connectivity index (χ1v) is 9.33. The Morgan fingerprint density at radius 3 is 3.00 bits per heavy atom. The van der Waals surface area contributed by atoms with E-state index >= 15 is 0 Å². The van der Waals surface area contributed by atoms with Crippen molar-refractivity contribution in [3.05, 3.63) is 26.6 Å². The van der Waals surface area contributed by atoms with Crippen molar-refractivity contribution in [3.8, 4) is 0 Å². The van der Waals surface area contributed by atoms with Gasteiger partial charge in [0.2, 0.25) is 0 Å². The van der Waals surface area contributed by atoms with E-state index in [-0.39, 0.29) is 11.7 Å². The lowest BCUT2D eigenvalue weighted by molar-refractivity contribution is 0.107. The molecule has 0 radical (unpaired) electrons. The predicted molar refractivity (Wildman–Crippen MR) is 91.9 cm³/mol. The number of H-pyrrole nitrogens is 1. The van der Waals surface area contributed by atoms with Gasteiger partial charge in [-0.2, -0.15) is 0 Å². The van der Waals surface area contributed by atoms with Gasteiger partial charge in [0, 0.05) is 11.4 Å². The molecule has 23 heavy (non-hydrogen) atoms. The third-order valence-corrected chi connectivity index (χ3v) is 6.39. The highest BCUT2D eigenvalue weighted by molar-refractivity contribution is 7.18. The monoisotopic (exact) mass is 333 g/mol. The maximum Gasteiger partial charge on any atom is 0.259 e. The van der Waals surface area contributed by atoms with Gasteiger partial charge in [0.05, 0.1) is 18.0 Å². The molecule has 4 rings (SSSR count). The van der Waals surface area contributed by atoms with Gasteiger partial charge in [-0.05, 0) is 50.6 Å². The van der Waals surface area contributed by atoms with Crippen molar-refractivity contribution >= 4 is 21.6 Å². The molecule has 2 unspecified atom stereocenters. The number of aryl methyl sites for hydroxylation is 2. The van der Waals surface area contributed by atoms with Gasteiger partial charge in [-0.3, -0.25) is 9.69 Å². The minimum absolute atomic E-state index is 0.0127. The average Bonchev–Trinajstić information content (AvgIpc) is 3.15. The number of aliphatic hydroxyl groups excluding tert-OH is 1. The van der Waals surface area contributed by atoms with Gasteiger partial charge in [-0.1, -0.05) is 6.42 Å². The van der Waals surface area contributed by atoms with Crippen molar-refractivity contribution in [2.45, 2.75) is 51.2 Å². The highest BCUT2D eigenvalue weighted by Crippen LogP contribution is 2.34. The predicted octanol–water partition coefficient (Wildman–Crippen LogP) is 2.07. The number of fused-ring (bicyclic) bond motifs is 3. The number of nitrogens with one attached hydrogen (secondary N) is 1. The third-order valence-electron chi connectivity index (χ3n) is 5.21. The van der Waals surface area contributed by atoms with Crippen molar-refractivity contribution < 1.29 is 5.11 Å². The Labute approximate surface area is 139 Å². The number of aromatic amines is 1. The molecular formula is C17H23N3O2S. The summed E-state index contributed by atoms with van der Waals surface area (Å²) in [6, 6.07) is 0. The van der Waals surface area contributed by atoms with Gasteiger partial charge >= 0.3 is 0 Å². The van der Waals surface area contributed by atoms with Crippen molar-refractivity contribution in [1.82, 2.24) is 14.9 Å². The second kappa shape index (κ2) is 6.00. The summed E-state index contributed by atoms with van der Waals surface area (Å²) in [4.78, 5) is 24.5. The molecule has 0 saturated heterocycles. The third kappa shape index (κ3) is 2.84. The fourth-order valence-electron chi connectivity index (χ4n) is 4.07. The molecule has 1 fully saturated rings. The zero-order valence-electron chi connectivity index (χ0n) is 13.5. The van der Waals surface area contributed by atoms with Crippen LogP contribution in [0.2, 0.25) is 0 Å². The molecule has 0 spiro atoms. The topological polar surface area (TPSA) is 69.2 Å². The summed E-state index contributed by atoms with van der Waals surface area (Å²) in [5, 5.41) is 10.8. The maximum absolute atomic E-state index is 12.5. The fraction of sp³-hybridized carbons (Fsp3) is 0.647. The molecule has 6 heteroatoms. The van der Waals surface area contributed by atoms with E-state index in [0.717, 1.165) is 61.1 Å². The molecule has 2 aromatic rings. The van der Waals surface area contributed by atoms with E-state index in [4.69, 9.17) is 4.98 Å². The second-order valence-electron chi connectivity index (χ2n) is 7.01. The molecule has 0 bridgehead atoms. The first kappa shape index (κ1) is 15.3. The molecule has 2 aliphatic carbocycles. The molecule has 124 valence electrons. The Hall–Kier alpha value is -1.24. The minimum Gasteiger partial charge on any atom is -0.393 e. The van der Waals surface area contributed by atoms with Crippen LogP contribution in [0.15, 0.2) is 4.79 Å². The smallest absolute Gasteiger partial charge is 0.259 e. The zero-order chi connectivity index (χ0) is 16.0. The molecule has 2 atom stereocenters. The number of rotatable bonds is 4. The fourth-order valence-corrected chi connectivity index (χ4v) is 5.35. The second-order valence-corrected chi connectivity index (χ2v) is 8.09. The maximum atomic E-state index is 12.5. The number of hydrogen-bond donors (Lipinski definition) is 2. The lowest BCUT2D eigenvalue weighted by atomic mass is 10.1. The summed E-state index contributed by atoms with van der Waals surface area (Å²) < 4.78 is 0. The molecule has 5 nitrogen and oxygen atoms in total.